The Hall–Kier alpha value is -3.59. The molecule has 0 aliphatic heterocycles. The maximum Gasteiger partial charge on any atom is 0.336 e. The second-order valence-electron chi connectivity index (χ2n) is 10.1. The first kappa shape index (κ1) is 26.6. The van der Waals surface area contributed by atoms with Gasteiger partial charge in [-0.2, -0.15) is 0 Å². The SMILES string of the molecule is Cc1c(=O)n(C)c(Nc2ccc(I)cc2F)c2c(=O)n(C3CC3)c(=O)n(-c3cccc(N[C@@H]4[C@@H](O)C4(F)F)c3)c12. The third-order valence-electron chi connectivity index (χ3n) is 7.38. The van der Waals surface area contributed by atoms with Gasteiger partial charge in [-0.1, -0.05) is 6.07 Å². The number of hydrogen-bond acceptors (Lipinski definition) is 6. The molecular weight excluding hydrogens is 642 g/mol. The maximum absolute atomic E-state index is 14.8. The summed E-state index contributed by atoms with van der Waals surface area (Å²) in [6, 6.07) is 8.65. The summed E-state index contributed by atoms with van der Waals surface area (Å²) in [4.78, 5) is 41.1. The lowest BCUT2D eigenvalue weighted by Gasteiger charge is -2.21. The van der Waals surface area contributed by atoms with E-state index >= 15 is 0 Å². The summed E-state index contributed by atoms with van der Waals surface area (Å²) in [7, 11) is 1.45. The van der Waals surface area contributed by atoms with E-state index in [4.69, 9.17) is 0 Å². The van der Waals surface area contributed by atoms with Crippen molar-refractivity contribution >= 4 is 50.7 Å². The van der Waals surface area contributed by atoms with Crippen LogP contribution in [-0.4, -0.2) is 36.9 Å². The van der Waals surface area contributed by atoms with Gasteiger partial charge in [0.1, 0.15) is 29.2 Å². The van der Waals surface area contributed by atoms with Crippen LogP contribution in [0.15, 0.2) is 56.8 Å². The van der Waals surface area contributed by atoms with Crippen molar-refractivity contribution in [2.24, 2.45) is 7.05 Å². The molecule has 0 amide bonds. The fourth-order valence-electron chi connectivity index (χ4n) is 4.97. The van der Waals surface area contributed by atoms with Gasteiger partial charge in [-0.3, -0.25) is 23.3 Å². The molecule has 13 heteroatoms. The molecule has 2 fully saturated rings. The summed E-state index contributed by atoms with van der Waals surface area (Å²) >= 11 is 1.96. The van der Waals surface area contributed by atoms with Crippen molar-refractivity contribution in [3.63, 3.8) is 0 Å². The lowest BCUT2D eigenvalue weighted by Crippen LogP contribution is -2.41. The van der Waals surface area contributed by atoms with Crippen LogP contribution in [0.3, 0.4) is 0 Å². The van der Waals surface area contributed by atoms with E-state index in [9.17, 15) is 32.7 Å². The Morgan fingerprint density at radius 1 is 1.07 bits per heavy atom. The second kappa shape index (κ2) is 9.23. The molecule has 0 spiro atoms. The molecule has 0 saturated heterocycles. The van der Waals surface area contributed by atoms with Crippen LogP contribution >= 0.6 is 22.6 Å². The molecule has 208 valence electrons. The number of rotatable bonds is 6. The minimum atomic E-state index is -3.28. The number of aliphatic hydroxyl groups is 1. The summed E-state index contributed by atoms with van der Waals surface area (Å²) in [6.07, 6.45) is -0.621. The number of hydrogen-bond donors (Lipinski definition) is 3. The first-order valence-electron chi connectivity index (χ1n) is 12.5. The Morgan fingerprint density at radius 2 is 1.77 bits per heavy atom. The van der Waals surface area contributed by atoms with Crippen molar-refractivity contribution in [1.29, 1.82) is 0 Å². The van der Waals surface area contributed by atoms with E-state index in [1.54, 1.807) is 12.1 Å². The predicted octanol–water partition coefficient (Wildman–Crippen LogP) is 3.77. The highest BCUT2D eigenvalue weighted by Crippen LogP contribution is 2.44. The highest BCUT2D eigenvalue weighted by atomic mass is 127. The fraction of sp³-hybridized carbons (Fsp3) is 0.296. The fourth-order valence-corrected chi connectivity index (χ4v) is 5.43. The molecule has 4 aromatic rings. The summed E-state index contributed by atoms with van der Waals surface area (Å²) in [5.41, 5.74) is -1.24. The highest BCUT2D eigenvalue weighted by Gasteiger charge is 2.68. The lowest BCUT2D eigenvalue weighted by atomic mass is 10.1. The molecule has 9 nitrogen and oxygen atoms in total. The Bertz CT molecular complexity index is 1900. The van der Waals surface area contributed by atoms with Crippen LogP contribution in [0.4, 0.5) is 30.4 Å². The number of aryl methyl sites for hydroxylation is 1. The summed E-state index contributed by atoms with van der Waals surface area (Å²) in [6.45, 7) is 1.49. The summed E-state index contributed by atoms with van der Waals surface area (Å²) in [5.74, 6) is -3.87. The Kier molecular flexibility index (Phi) is 6.14. The molecule has 6 rings (SSSR count). The van der Waals surface area contributed by atoms with Gasteiger partial charge in [-0.05, 0) is 78.8 Å². The van der Waals surface area contributed by atoms with Crippen molar-refractivity contribution in [3.05, 3.63) is 88.6 Å². The number of nitrogens with zero attached hydrogens (tertiary/aromatic N) is 3. The Morgan fingerprint density at radius 3 is 2.40 bits per heavy atom. The molecule has 0 bridgehead atoms. The van der Waals surface area contributed by atoms with Crippen LogP contribution in [0.2, 0.25) is 0 Å². The molecule has 3 N–H and O–H groups in total. The molecule has 2 heterocycles. The van der Waals surface area contributed by atoms with Crippen LogP contribution in [-0.2, 0) is 7.05 Å². The number of anilines is 3. The third kappa shape index (κ3) is 4.13. The van der Waals surface area contributed by atoms with Crippen LogP contribution in [0.25, 0.3) is 16.6 Å². The summed E-state index contributed by atoms with van der Waals surface area (Å²) in [5, 5.41) is 15.0. The molecule has 2 aromatic carbocycles. The van der Waals surface area contributed by atoms with Crippen molar-refractivity contribution in [1.82, 2.24) is 13.7 Å². The van der Waals surface area contributed by atoms with Gasteiger partial charge >= 0.3 is 5.69 Å². The molecule has 2 aromatic heterocycles. The van der Waals surface area contributed by atoms with E-state index < -0.39 is 40.7 Å². The average molecular weight is 665 g/mol. The average Bonchev–Trinajstić information content (AvgIpc) is 3.81. The van der Waals surface area contributed by atoms with Crippen LogP contribution < -0.4 is 27.4 Å². The second-order valence-corrected chi connectivity index (χ2v) is 11.4. The minimum Gasteiger partial charge on any atom is -0.384 e. The number of nitrogens with one attached hydrogen (secondary N) is 2. The van der Waals surface area contributed by atoms with Crippen LogP contribution in [0.5, 0.6) is 0 Å². The zero-order valence-electron chi connectivity index (χ0n) is 21.2. The molecule has 0 unspecified atom stereocenters. The number of fused-ring (bicyclic) bond motifs is 1. The quantitative estimate of drug-likeness (QED) is 0.271. The third-order valence-corrected chi connectivity index (χ3v) is 8.05. The van der Waals surface area contributed by atoms with Crippen LogP contribution in [0.1, 0.15) is 24.4 Å². The number of halogens is 4. The van der Waals surface area contributed by atoms with E-state index in [0.717, 1.165) is 4.57 Å². The zero-order valence-corrected chi connectivity index (χ0v) is 23.4. The van der Waals surface area contributed by atoms with Gasteiger partial charge in [0, 0.05) is 27.9 Å². The van der Waals surface area contributed by atoms with E-state index in [2.05, 4.69) is 10.6 Å². The minimum absolute atomic E-state index is 0.00607. The Labute approximate surface area is 238 Å². The van der Waals surface area contributed by atoms with E-state index in [0.29, 0.717) is 16.4 Å². The van der Waals surface area contributed by atoms with E-state index in [1.165, 1.54) is 53.4 Å². The van der Waals surface area contributed by atoms with Crippen molar-refractivity contribution in [2.75, 3.05) is 10.6 Å². The topological polar surface area (TPSA) is 110 Å². The normalized spacial score (nSPS) is 19.6. The number of benzene rings is 2. The molecule has 2 aliphatic carbocycles. The maximum atomic E-state index is 14.8. The first-order chi connectivity index (χ1) is 18.9. The van der Waals surface area contributed by atoms with Gasteiger partial charge in [0.05, 0.1) is 16.9 Å². The molecule has 2 saturated carbocycles. The predicted molar refractivity (Wildman–Crippen MR) is 153 cm³/mol. The van der Waals surface area contributed by atoms with Crippen molar-refractivity contribution in [3.8, 4) is 5.69 Å². The smallest absolute Gasteiger partial charge is 0.336 e. The van der Waals surface area contributed by atoms with E-state index in [-0.39, 0.29) is 45.4 Å². The largest absolute Gasteiger partial charge is 0.384 e. The van der Waals surface area contributed by atoms with Gasteiger partial charge in [0.2, 0.25) is 0 Å². The van der Waals surface area contributed by atoms with Crippen molar-refractivity contribution in [2.45, 2.75) is 43.9 Å². The molecule has 0 radical (unpaired) electrons. The zero-order chi connectivity index (χ0) is 28.7. The molecule has 2 aliphatic rings. The van der Waals surface area contributed by atoms with Gasteiger partial charge in [0.15, 0.2) is 0 Å². The number of aromatic nitrogens is 3. The van der Waals surface area contributed by atoms with Gasteiger partial charge in [-0.25, -0.2) is 18.0 Å². The number of aliphatic hydroxyl groups excluding tert-OH is 1. The van der Waals surface area contributed by atoms with Gasteiger partial charge in [-0.15, -0.1) is 0 Å². The van der Waals surface area contributed by atoms with Gasteiger partial charge in [0.25, 0.3) is 17.0 Å². The first-order valence-corrected chi connectivity index (χ1v) is 13.6. The monoisotopic (exact) mass is 665 g/mol. The molecule has 2 atom stereocenters. The highest BCUT2D eigenvalue weighted by molar-refractivity contribution is 14.1. The molecule has 40 heavy (non-hydrogen) atoms. The molecular formula is C27H23F3IN5O4. The van der Waals surface area contributed by atoms with Crippen LogP contribution in [0, 0.1) is 16.3 Å². The van der Waals surface area contributed by atoms with Crippen molar-refractivity contribution < 1.29 is 18.3 Å². The lowest BCUT2D eigenvalue weighted by molar-refractivity contribution is 0.0564. The summed E-state index contributed by atoms with van der Waals surface area (Å²) < 4.78 is 46.4. The standard InChI is InChI=1S/C27H23F3IN5O4/c1-12-20-19(23(34(2)24(12)38)33-18-9-6-13(31)10-17(18)28)25(39)36(15-7-8-15)26(40)35(20)16-5-3-4-14(11-16)32-21-22(37)27(21,29)30/h3-6,9-11,15,21-22,32-33,37H,7-8H2,1-2H3/t21-,22-/m1/s1. The Balaban J connectivity index is 1.63. The number of alkyl halides is 2. The number of pyridine rings is 1. The van der Waals surface area contributed by atoms with Gasteiger partial charge < -0.3 is 15.7 Å². The van der Waals surface area contributed by atoms with E-state index in [1.807, 2.05) is 22.6 Å².